The molecule has 0 unspecified atom stereocenters. The average molecular weight is 294 g/mol. The number of benzene rings is 1. The summed E-state index contributed by atoms with van der Waals surface area (Å²) in [7, 11) is 3.23. The van der Waals surface area contributed by atoms with Crippen LogP contribution in [0.3, 0.4) is 0 Å². The van der Waals surface area contributed by atoms with E-state index in [0.717, 1.165) is 11.3 Å². The van der Waals surface area contributed by atoms with Crippen molar-refractivity contribution in [2.75, 3.05) is 27.6 Å². The lowest BCUT2D eigenvalue weighted by atomic mass is 10.1. The van der Waals surface area contributed by atoms with Crippen molar-refractivity contribution in [1.82, 2.24) is 0 Å². The second kappa shape index (κ2) is 8.14. The molecule has 5 heteroatoms. The first-order chi connectivity index (χ1) is 10.3. The van der Waals surface area contributed by atoms with E-state index in [2.05, 4.69) is 6.58 Å². The minimum absolute atomic E-state index is 0.0584. The quantitative estimate of drug-likeness (QED) is 0.376. The van der Waals surface area contributed by atoms with Crippen molar-refractivity contribution in [3.05, 3.63) is 42.5 Å². The van der Waals surface area contributed by atoms with Crippen molar-refractivity contribution < 1.29 is 23.7 Å². The van der Waals surface area contributed by atoms with E-state index in [1.807, 2.05) is 24.3 Å². The van der Waals surface area contributed by atoms with E-state index >= 15 is 0 Å². The van der Waals surface area contributed by atoms with Gasteiger partial charge in [-0.05, 0) is 17.7 Å². The minimum Gasteiger partial charge on any atom is -0.497 e. The topological polar surface area (TPSA) is 49.5 Å². The van der Waals surface area contributed by atoms with Crippen LogP contribution in [0.4, 0.5) is 0 Å². The molecule has 2 rings (SSSR count). The fraction of sp³-hybridized carbons (Fsp3) is 0.500. The van der Waals surface area contributed by atoms with Gasteiger partial charge in [-0.1, -0.05) is 18.2 Å². The van der Waals surface area contributed by atoms with Gasteiger partial charge in [0.05, 0.1) is 20.3 Å². The van der Waals surface area contributed by atoms with Gasteiger partial charge in [0.15, 0.2) is 0 Å². The Labute approximate surface area is 125 Å². The van der Waals surface area contributed by atoms with E-state index in [1.165, 1.54) is 0 Å². The Kier molecular flexibility index (Phi) is 6.20. The van der Waals surface area contributed by atoms with Crippen LogP contribution in [-0.4, -0.2) is 45.9 Å². The summed E-state index contributed by atoms with van der Waals surface area (Å²) in [5.41, 5.74) is 1.07. The summed E-state index contributed by atoms with van der Waals surface area (Å²) in [6.45, 7) is 5.16. The van der Waals surface area contributed by atoms with Crippen LogP contribution in [0, 0.1) is 0 Å². The number of epoxide rings is 1. The van der Waals surface area contributed by atoms with Crippen LogP contribution in [0.5, 0.6) is 5.75 Å². The highest BCUT2D eigenvalue weighted by Gasteiger charge is 2.38. The molecule has 0 saturated carbocycles. The van der Waals surface area contributed by atoms with Crippen molar-refractivity contribution in [3.8, 4) is 5.75 Å². The summed E-state index contributed by atoms with van der Waals surface area (Å²) < 4.78 is 26.9. The summed E-state index contributed by atoms with van der Waals surface area (Å²) in [5.74, 6) is 0.827. The highest BCUT2D eigenvalue weighted by Crippen LogP contribution is 2.24. The molecule has 1 aliphatic heterocycles. The minimum atomic E-state index is -0.254. The lowest BCUT2D eigenvalue weighted by molar-refractivity contribution is -0.119. The van der Waals surface area contributed by atoms with Crippen molar-refractivity contribution in [2.24, 2.45) is 0 Å². The first-order valence-corrected chi connectivity index (χ1v) is 6.87. The molecular weight excluding hydrogens is 272 g/mol. The molecule has 1 aliphatic rings. The maximum absolute atomic E-state index is 5.96. The Morgan fingerprint density at radius 3 is 2.52 bits per heavy atom. The first-order valence-electron chi connectivity index (χ1n) is 6.87. The zero-order valence-electron chi connectivity index (χ0n) is 12.5. The number of ether oxygens (including phenoxy) is 5. The number of hydrogen-bond acceptors (Lipinski definition) is 5. The molecule has 1 fully saturated rings. The third-order valence-corrected chi connectivity index (χ3v) is 3.26. The maximum Gasteiger partial charge on any atom is 0.147 e. The first kappa shape index (κ1) is 16.0. The highest BCUT2D eigenvalue weighted by atomic mass is 16.7. The van der Waals surface area contributed by atoms with Crippen LogP contribution >= 0.6 is 0 Å². The van der Waals surface area contributed by atoms with E-state index in [9.17, 15) is 0 Å². The molecule has 0 spiro atoms. The predicted molar refractivity (Wildman–Crippen MR) is 78.3 cm³/mol. The monoisotopic (exact) mass is 294 g/mol. The fourth-order valence-electron chi connectivity index (χ4n) is 2.02. The molecule has 1 saturated heterocycles. The molecule has 0 N–H and O–H groups in total. The van der Waals surface area contributed by atoms with Crippen LogP contribution in [-0.2, 0) is 25.6 Å². The molecule has 0 aliphatic carbocycles. The molecule has 21 heavy (non-hydrogen) atoms. The highest BCUT2D eigenvalue weighted by molar-refractivity contribution is 5.26. The second-order valence-corrected chi connectivity index (χ2v) is 4.77. The summed E-state index contributed by atoms with van der Waals surface area (Å²) >= 11 is 0. The van der Waals surface area contributed by atoms with Crippen molar-refractivity contribution in [3.63, 3.8) is 0 Å². The van der Waals surface area contributed by atoms with E-state index < -0.39 is 0 Å². The summed E-state index contributed by atoms with van der Waals surface area (Å²) in [6, 6.07) is 7.77. The Morgan fingerprint density at radius 2 is 2.00 bits per heavy atom. The number of hydrogen-bond donors (Lipinski definition) is 0. The molecule has 0 bridgehead atoms. The van der Waals surface area contributed by atoms with Gasteiger partial charge in [0.25, 0.3) is 0 Å². The van der Waals surface area contributed by atoms with Gasteiger partial charge in [-0.15, -0.1) is 6.58 Å². The molecular formula is C16H22O5. The van der Waals surface area contributed by atoms with Crippen molar-refractivity contribution in [1.29, 1.82) is 0 Å². The standard InChI is InChI=1S/C16H22O5/c1-4-14(21-11-17-2)16(15-10-19-15)20-9-12-5-7-13(18-3)8-6-12/h4-8,14-16H,1,9-11H2,2-3H3/t14-,15+,16+/m1/s1. The molecule has 3 atom stereocenters. The van der Waals surface area contributed by atoms with Gasteiger partial charge in [-0.25, -0.2) is 0 Å². The maximum atomic E-state index is 5.96. The molecule has 1 aromatic rings. The lowest BCUT2D eigenvalue weighted by Gasteiger charge is -2.23. The lowest BCUT2D eigenvalue weighted by Crippen LogP contribution is -2.35. The van der Waals surface area contributed by atoms with Crippen LogP contribution in [0.2, 0.25) is 0 Å². The zero-order valence-corrected chi connectivity index (χ0v) is 12.5. The predicted octanol–water partition coefficient (Wildman–Crippen LogP) is 2.15. The molecule has 0 aromatic heterocycles. The Morgan fingerprint density at radius 1 is 1.29 bits per heavy atom. The molecule has 1 heterocycles. The van der Waals surface area contributed by atoms with E-state index in [4.69, 9.17) is 23.7 Å². The van der Waals surface area contributed by atoms with Crippen molar-refractivity contribution >= 4 is 0 Å². The molecule has 1 aromatic carbocycles. The van der Waals surface area contributed by atoms with Gasteiger partial charge in [0.2, 0.25) is 0 Å². The Bertz CT molecular complexity index is 427. The summed E-state index contributed by atoms with van der Waals surface area (Å²) in [4.78, 5) is 0. The average Bonchev–Trinajstić information content (AvgIpc) is 3.36. The third-order valence-electron chi connectivity index (χ3n) is 3.26. The molecule has 116 valence electrons. The SMILES string of the molecule is C=C[C@@H](OCOC)[C@H](OCc1ccc(OC)cc1)[C@@H]1CO1. The second-order valence-electron chi connectivity index (χ2n) is 4.77. The normalized spacial score (nSPS) is 19.8. The number of methoxy groups -OCH3 is 2. The van der Waals surface area contributed by atoms with E-state index in [-0.39, 0.29) is 25.1 Å². The largest absolute Gasteiger partial charge is 0.497 e. The van der Waals surface area contributed by atoms with Gasteiger partial charge < -0.3 is 23.7 Å². The van der Waals surface area contributed by atoms with Gasteiger partial charge in [0.1, 0.15) is 30.9 Å². The van der Waals surface area contributed by atoms with Crippen LogP contribution in [0.25, 0.3) is 0 Å². The fourth-order valence-corrected chi connectivity index (χ4v) is 2.02. The summed E-state index contributed by atoms with van der Waals surface area (Å²) in [5, 5.41) is 0. The number of rotatable bonds is 10. The van der Waals surface area contributed by atoms with Gasteiger partial charge in [-0.3, -0.25) is 0 Å². The molecule has 5 nitrogen and oxygen atoms in total. The van der Waals surface area contributed by atoms with E-state index in [1.54, 1.807) is 20.3 Å². The van der Waals surface area contributed by atoms with E-state index in [0.29, 0.717) is 13.2 Å². The third kappa shape index (κ3) is 4.82. The van der Waals surface area contributed by atoms with Gasteiger partial charge >= 0.3 is 0 Å². The Balaban J connectivity index is 1.90. The molecule has 0 amide bonds. The Hall–Kier alpha value is -1.40. The smallest absolute Gasteiger partial charge is 0.147 e. The van der Waals surface area contributed by atoms with Gasteiger partial charge in [0, 0.05) is 7.11 Å². The summed E-state index contributed by atoms with van der Waals surface area (Å²) in [6.07, 6.45) is 1.35. The molecule has 0 radical (unpaired) electrons. The van der Waals surface area contributed by atoms with Crippen LogP contribution in [0.15, 0.2) is 36.9 Å². The van der Waals surface area contributed by atoms with Crippen LogP contribution < -0.4 is 4.74 Å². The van der Waals surface area contributed by atoms with Crippen molar-refractivity contribution in [2.45, 2.75) is 24.9 Å². The van der Waals surface area contributed by atoms with Gasteiger partial charge in [-0.2, -0.15) is 0 Å². The zero-order chi connectivity index (χ0) is 15.1. The van der Waals surface area contributed by atoms with Crippen LogP contribution in [0.1, 0.15) is 5.56 Å².